The molecule has 5 nitrogen and oxygen atoms in total. The normalized spacial score (nSPS) is 15.8. The summed E-state index contributed by atoms with van der Waals surface area (Å²) in [4.78, 5) is 3.95. The molecule has 0 aliphatic rings. The molecule has 0 aliphatic heterocycles. The fourth-order valence-electron chi connectivity index (χ4n) is 1.27. The van der Waals surface area contributed by atoms with Gasteiger partial charge >= 0.3 is 0 Å². The summed E-state index contributed by atoms with van der Waals surface area (Å²) in [6, 6.07) is 3.09. The second-order valence-electron chi connectivity index (χ2n) is 4.57. The molecule has 1 aromatic heterocycles. The van der Waals surface area contributed by atoms with E-state index in [1.807, 2.05) is 13.8 Å². The maximum Gasteiger partial charge on any atom is 0.242 e. The van der Waals surface area contributed by atoms with Crippen LogP contribution in [0.1, 0.15) is 20.8 Å². The number of hydrogen-bond acceptors (Lipinski definition) is 4. The van der Waals surface area contributed by atoms with E-state index in [1.165, 1.54) is 18.5 Å². The van der Waals surface area contributed by atoms with Gasteiger partial charge in [0.2, 0.25) is 10.0 Å². The SMILES string of the molecule is CC(C)C(C)(CN)NS(=O)(=O)c1cccnc1. The van der Waals surface area contributed by atoms with Gasteiger partial charge in [-0.3, -0.25) is 4.98 Å². The van der Waals surface area contributed by atoms with Gasteiger partial charge in [-0.15, -0.1) is 0 Å². The van der Waals surface area contributed by atoms with Crippen LogP contribution in [0.25, 0.3) is 0 Å². The van der Waals surface area contributed by atoms with Gasteiger partial charge in [0, 0.05) is 24.5 Å². The van der Waals surface area contributed by atoms with Crippen molar-refractivity contribution in [3.63, 3.8) is 0 Å². The molecule has 0 spiro atoms. The fourth-order valence-corrected chi connectivity index (χ4v) is 2.78. The van der Waals surface area contributed by atoms with Crippen LogP contribution in [-0.2, 0) is 10.0 Å². The average Bonchev–Trinajstić information content (AvgIpc) is 2.29. The van der Waals surface area contributed by atoms with Gasteiger partial charge in [-0.2, -0.15) is 0 Å². The van der Waals surface area contributed by atoms with E-state index in [0.717, 1.165) is 0 Å². The number of sulfonamides is 1. The lowest BCUT2D eigenvalue weighted by atomic mass is 9.90. The van der Waals surface area contributed by atoms with E-state index >= 15 is 0 Å². The largest absolute Gasteiger partial charge is 0.329 e. The lowest BCUT2D eigenvalue weighted by Crippen LogP contribution is -2.54. The molecule has 0 fully saturated rings. The van der Waals surface area contributed by atoms with E-state index < -0.39 is 15.6 Å². The molecule has 0 radical (unpaired) electrons. The van der Waals surface area contributed by atoms with Crippen molar-refractivity contribution < 1.29 is 8.42 Å². The van der Waals surface area contributed by atoms with Crippen LogP contribution in [0.2, 0.25) is 0 Å². The van der Waals surface area contributed by atoms with Crippen LogP contribution in [0.4, 0.5) is 0 Å². The molecule has 0 saturated carbocycles. The van der Waals surface area contributed by atoms with E-state index in [9.17, 15) is 8.42 Å². The first-order valence-corrected chi connectivity index (χ1v) is 6.94. The van der Waals surface area contributed by atoms with Crippen molar-refractivity contribution in [1.29, 1.82) is 0 Å². The number of aromatic nitrogens is 1. The highest BCUT2D eigenvalue weighted by Crippen LogP contribution is 2.18. The molecule has 6 heteroatoms. The number of nitrogens with two attached hydrogens (primary N) is 1. The molecule has 3 N–H and O–H groups in total. The summed E-state index contributed by atoms with van der Waals surface area (Å²) >= 11 is 0. The molecule has 0 amide bonds. The fraction of sp³-hybridized carbons (Fsp3) is 0.545. The van der Waals surface area contributed by atoms with Crippen molar-refractivity contribution in [3.8, 4) is 0 Å². The third-order valence-corrected chi connectivity index (χ3v) is 4.61. The number of pyridine rings is 1. The van der Waals surface area contributed by atoms with E-state index in [1.54, 1.807) is 13.0 Å². The van der Waals surface area contributed by atoms with Crippen molar-refractivity contribution in [2.45, 2.75) is 31.2 Å². The van der Waals surface area contributed by atoms with Crippen LogP contribution in [0.3, 0.4) is 0 Å². The zero-order valence-electron chi connectivity index (χ0n) is 10.3. The minimum Gasteiger partial charge on any atom is -0.329 e. The van der Waals surface area contributed by atoms with Crippen LogP contribution in [0, 0.1) is 5.92 Å². The third-order valence-electron chi connectivity index (χ3n) is 3.01. The Labute approximate surface area is 102 Å². The van der Waals surface area contributed by atoms with E-state index in [4.69, 9.17) is 5.73 Å². The number of hydrogen-bond donors (Lipinski definition) is 2. The molecule has 1 rings (SSSR count). The summed E-state index contributed by atoms with van der Waals surface area (Å²) in [6.45, 7) is 5.90. The molecule has 1 heterocycles. The van der Waals surface area contributed by atoms with Crippen molar-refractivity contribution in [2.24, 2.45) is 11.7 Å². The quantitative estimate of drug-likeness (QED) is 0.814. The molecule has 1 unspecified atom stereocenters. The second-order valence-corrected chi connectivity index (χ2v) is 6.25. The smallest absolute Gasteiger partial charge is 0.242 e. The summed E-state index contributed by atoms with van der Waals surface area (Å²) in [6.07, 6.45) is 2.85. The maximum absolute atomic E-state index is 12.1. The summed E-state index contributed by atoms with van der Waals surface area (Å²) in [7, 11) is -3.57. The molecule has 1 aromatic rings. The maximum atomic E-state index is 12.1. The zero-order valence-corrected chi connectivity index (χ0v) is 11.2. The lowest BCUT2D eigenvalue weighted by Gasteiger charge is -2.33. The van der Waals surface area contributed by atoms with Gasteiger partial charge in [0.05, 0.1) is 0 Å². The van der Waals surface area contributed by atoms with Crippen LogP contribution in [0.15, 0.2) is 29.4 Å². The third kappa shape index (κ3) is 3.24. The Morgan fingerprint density at radius 3 is 2.59 bits per heavy atom. The van der Waals surface area contributed by atoms with Crippen LogP contribution in [0.5, 0.6) is 0 Å². The monoisotopic (exact) mass is 257 g/mol. The first kappa shape index (κ1) is 14.1. The number of nitrogens with one attached hydrogen (secondary N) is 1. The predicted molar refractivity (Wildman–Crippen MR) is 66.9 cm³/mol. The lowest BCUT2D eigenvalue weighted by molar-refractivity contribution is 0.315. The van der Waals surface area contributed by atoms with Crippen molar-refractivity contribution in [1.82, 2.24) is 9.71 Å². The highest BCUT2D eigenvalue weighted by molar-refractivity contribution is 7.89. The van der Waals surface area contributed by atoms with E-state index in [0.29, 0.717) is 0 Å². The molecular formula is C11H19N3O2S. The molecule has 17 heavy (non-hydrogen) atoms. The average molecular weight is 257 g/mol. The minimum absolute atomic E-state index is 0.0962. The highest BCUT2D eigenvalue weighted by atomic mass is 32.2. The van der Waals surface area contributed by atoms with E-state index in [2.05, 4.69) is 9.71 Å². The molecular weight excluding hydrogens is 238 g/mol. The molecule has 0 bridgehead atoms. The molecule has 0 saturated heterocycles. The summed E-state index contributed by atoms with van der Waals surface area (Å²) < 4.78 is 26.9. The Morgan fingerprint density at radius 2 is 2.18 bits per heavy atom. The van der Waals surface area contributed by atoms with Gasteiger partial charge in [-0.25, -0.2) is 13.1 Å². The Bertz CT molecular complexity index is 459. The number of nitrogens with zero attached hydrogens (tertiary/aromatic N) is 1. The summed E-state index contributed by atoms with van der Waals surface area (Å²) in [5.74, 6) is 0.0962. The molecule has 96 valence electrons. The highest BCUT2D eigenvalue weighted by Gasteiger charge is 2.32. The van der Waals surface area contributed by atoms with Gasteiger partial charge in [-0.05, 0) is 25.0 Å². The topological polar surface area (TPSA) is 85.1 Å². The van der Waals surface area contributed by atoms with Crippen LogP contribution < -0.4 is 10.5 Å². The van der Waals surface area contributed by atoms with Gasteiger partial charge in [0.15, 0.2) is 0 Å². The Kier molecular flexibility index (Phi) is 4.24. The Morgan fingerprint density at radius 1 is 1.53 bits per heavy atom. The molecule has 0 aliphatic carbocycles. The van der Waals surface area contributed by atoms with Gasteiger partial charge < -0.3 is 5.73 Å². The zero-order chi connectivity index (χ0) is 13.1. The standard InChI is InChI=1S/C11H19N3O2S/c1-9(2)11(3,8-12)14-17(15,16)10-5-4-6-13-7-10/h4-7,9,14H,8,12H2,1-3H3. The van der Waals surface area contributed by atoms with Crippen LogP contribution in [-0.4, -0.2) is 25.5 Å². The van der Waals surface area contributed by atoms with Crippen LogP contribution >= 0.6 is 0 Å². The van der Waals surface area contributed by atoms with Crippen molar-refractivity contribution >= 4 is 10.0 Å². The number of rotatable bonds is 5. The van der Waals surface area contributed by atoms with Gasteiger partial charge in [0.25, 0.3) is 0 Å². The Hall–Kier alpha value is -0.980. The molecule has 1 atom stereocenters. The summed E-state index contributed by atoms with van der Waals surface area (Å²) in [5.41, 5.74) is 4.99. The first-order chi connectivity index (χ1) is 7.82. The van der Waals surface area contributed by atoms with E-state index in [-0.39, 0.29) is 17.4 Å². The van der Waals surface area contributed by atoms with Crippen molar-refractivity contribution in [3.05, 3.63) is 24.5 Å². The van der Waals surface area contributed by atoms with Gasteiger partial charge in [0.1, 0.15) is 4.90 Å². The second kappa shape index (κ2) is 5.12. The van der Waals surface area contributed by atoms with Gasteiger partial charge in [-0.1, -0.05) is 13.8 Å². The first-order valence-electron chi connectivity index (χ1n) is 5.46. The predicted octanol–water partition coefficient (Wildman–Crippen LogP) is 0.733. The van der Waals surface area contributed by atoms with Crippen molar-refractivity contribution in [2.75, 3.05) is 6.54 Å². The Balaban J connectivity index is 3.02. The summed E-state index contributed by atoms with van der Waals surface area (Å²) in [5, 5.41) is 0. The molecule has 0 aromatic carbocycles. The minimum atomic E-state index is -3.57.